The van der Waals surface area contributed by atoms with E-state index in [2.05, 4.69) is 15.8 Å². The summed E-state index contributed by atoms with van der Waals surface area (Å²) in [6.07, 6.45) is 1.42. The normalized spacial score (nSPS) is 10.5. The molecule has 3 rings (SSSR count). The second-order valence-electron chi connectivity index (χ2n) is 7.19. The van der Waals surface area contributed by atoms with E-state index in [9.17, 15) is 14.4 Å². The van der Waals surface area contributed by atoms with E-state index >= 15 is 0 Å². The van der Waals surface area contributed by atoms with Crippen LogP contribution in [0, 0.1) is 6.92 Å². The van der Waals surface area contributed by atoms with Crippen LogP contribution in [0.4, 0.5) is 0 Å². The van der Waals surface area contributed by atoms with Gasteiger partial charge in [0.25, 0.3) is 11.8 Å². The Bertz CT molecular complexity index is 1190. The van der Waals surface area contributed by atoms with Crippen LogP contribution in [0.15, 0.2) is 77.9 Å². The molecule has 0 heterocycles. The number of carbonyl (C=O) groups is 3. The summed E-state index contributed by atoms with van der Waals surface area (Å²) in [6, 6.07) is 20.7. The van der Waals surface area contributed by atoms with E-state index in [4.69, 9.17) is 9.47 Å². The van der Waals surface area contributed by atoms with Crippen LogP contribution >= 0.6 is 0 Å². The lowest BCUT2D eigenvalue weighted by molar-refractivity contribution is -0.120. The SMILES string of the molecule is CCOc1cc(/C=N/NC(=O)CNC(=O)c2ccccc2C)ccc1OC(=O)c1ccccc1. The first kappa shape index (κ1) is 24.2. The summed E-state index contributed by atoms with van der Waals surface area (Å²) in [7, 11) is 0. The molecule has 2 N–H and O–H groups in total. The summed E-state index contributed by atoms with van der Waals surface area (Å²) in [4.78, 5) is 36.5. The third-order valence-electron chi connectivity index (χ3n) is 4.68. The molecular formula is C26H25N3O5. The number of hydrazone groups is 1. The van der Waals surface area contributed by atoms with E-state index in [1.807, 2.05) is 32.0 Å². The second-order valence-corrected chi connectivity index (χ2v) is 7.19. The van der Waals surface area contributed by atoms with Gasteiger partial charge in [-0.2, -0.15) is 5.10 Å². The lowest BCUT2D eigenvalue weighted by Crippen LogP contribution is -2.35. The van der Waals surface area contributed by atoms with Crippen LogP contribution in [-0.4, -0.2) is 37.1 Å². The smallest absolute Gasteiger partial charge is 0.343 e. The van der Waals surface area contributed by atoms with Gasteiger partial charge in [0.1, 0.15) is 0 Å². The summed E-state index contributed by atoms with van der Waals surface area (Å²) in [5.41, 5.74) is 4.73. The summed E-state index contributed by atoms with van der Waals surface area (Å²) < 4.78 is 11.0. The quantitative estimate of drug-likeness (QED) is 0.221. The Morgan fingerprint density at radius 1 is 0.941 bits per heavy atom. The number of hydrogen-bond donors (Lipinski definition) is 2. The largest absolute Gasteiger partial charge is 0.490 e. The minimum absolute atomic E-state index is 0.219. The van der Waals surface area contributed by atoms with Gasteiger partial charge in [-0.05, 0) is 61.4 Å². The molecule has 0 aliphatic rings. The van der Waals surface area contributed by atoms with Gasteiger partial charge in [-0.25, -0.2) is 10.2 Å². The fourth-order valence-corrected chi connectivity index (χ4v) is 2.99. The van der Waals surface area contributed by atoms with Gasteiger partial charge in [-0.15, -0.1) is 0 Å². The van der Waals surface area contributed by atoms with Gasteiger partial charge in [-0.1, -0.05) is 36.4 Å². The number of ether oxygens (including phenoxy) is 2. The van der Waals surface area contributed by atoms with Gasteiger partial charge in [0, 0.05) is 5.56 Å². The zero-order valence-electron chi connectivity index (χ0n) is 18.9. The zero-order chi connectivity index (χ0) is 24.3. The van der Waals surface area contributed by atoms with Crippen molar-refractivity contribution in [3.05, 3.63) is 95.1 Å². The zero-order valence-corrected chi connectivity index (χ0v) is 18.9. The first-order valence-corrected chi connectivity index (χ1v) is 10.7. The molecule has 0 saturated carbocycles. The van der Waals surface area contributed by atoms with E-state index in [-0.39, 0.29) is 18.2 Å². The lowest BCUT2D eigenvalue weighted by atomic mass is 10.1. The van der Waals surface area contributed by atoms with Crippen LogP contribution in [-0.2, 0) is 4.79 Å². The number of carbonyl (C=O) groups excluding carboxylic acids is 3. The maximum absolute atomic E-state index is 12.3. The number of hydrogen-bond acceptors (Lipinski definition) is 6. The summed E-state index contributed by atoms with van der Waals surface area (Å²) >= 11 is 0. The molecule has 8 nitrogen and oxygen atoms in total. The summed E-state index contributed by atoms with van der Waals surface area (Å²) in [5, 5.41) is 6.47. The molecule has 0 unspecified atom stereocenters. The highest BCUT2D eigenvalue weighted by Gasteiger charge is 2.13. The highest BCUT2D eigenvalue weighted by molar-refractivity contribution is 5.97. The maximum Gasteiger partial charge on any atom is 0.343 e. The Kier molecular flexibility index (Phi) is 8.51. The van der Waals surface area contributed by atoms with Crippen LogP contribution in [0.3, 0.4) is 0 Å². The number of amides is 2. The van der Waals surface area contributed by atoms with Crippen LogP contribution in [0.2, 0.25) is 0 Å². The topological polar surface area (TPSA) is 106 Å². The van der Waals surface area contributed by atoms with Gasteiger partial charge in [0.2, 0.25) is 0 Å². The Labute approximate surface area is 197 Å². The van der Waals surface area contributed by atoms with Gasteiger partial charge in [0.05, 0.1) is 24.9 Å². The fourth-order valence-electron chi connectivity index (χ4n) is 2.99. The molecule has 0 aliphatic carbocycles. The van der Waals surface area contributed by atoms with Gasteiger partial charge in [-0.3, -0.25) is 9.59 Å². The van der Waals surface area contributed by atoms with Crippen molar-refractivity contribution in [2.24, 2.45) is 5.10 Å². The molecule has 0 radical (unpaired) electrons. The Morgan fingerprint density at radius 3 is 2.41 bits per heavy atom. The summed E-state index contributed by atoms with van der Waals surface area (Å²) in [6.45, 7) is 3.79. The average Bonchev–Trinajstić information content (AvgIpc) is 2.85. The van der Waals surface area contributed by atoms with Crippen molar-refractivity contribution >= 4 is 24.0 Å². The van der Waals surface area contributed by atoms with E-state index in [1.54, 1.807) is 54.6 Å². The monoisotopic (exact) mass is 459 g/mol. The average molecular weight is 460 g/mol. The fraction of sp³-hybridized carbons (Fsp3) is 0.154. The maximum atomic E-state index is 12.3. The first-order valence-electron chi connectivity index (χ1n) is 10.7. The van der Waals surface area contributed by atoms with Gasteiger partial charge < -0.3 is 14.8 Å². The third kappa shape index (κ3) is 6.77. The Hall–Kier alpha value is -4.46. The molecule has 0 atom stereocenters. The predicted molar refractivity (Wildman–Crippen MR) is 128 cm³/mol. The number of nitrogens with one attached hydrogen (secondary N) is 2. The van der Waals surface area contributed by atoms with E-state index in [1.165, 1.54) is 6.21 Å². The molecule has 0 fully saturated rings. The van der Waals surface area contributed by atoms with Crippen molar-refractivity contribution in [1.29, 1.82) is 0 Å². The standard InChI is InChI=1S/C26H25N3O5/c1-3-33-23-15-19(13-14-22(23)34-26(32)20-10-5-4-6-11-20)16-28-29-24(30)17-27-25(31)21-12-8-7-9-18(21)2/h4-16H,3,17H2,1-2H3,(H,27,31)(H,29,30)/b28-16+. The molecule has 8 heteroatoms. The molecular weight excluding hydrogens is 434 g/mol. The van der Waals surface area contributed by atoms with Crippen LogP contribution < -0.4 is 20.2 Å². The molecule has 0 aromatic heterocycles. The Morgan fingerprint density at radius 2 is 1.68 bits per heavy atom. The predicted octanol–water partition coefficient (Wildman–Crippen LogP) is 3.49. The highest BCUT2D eigenvalue weighted by atomic mass is 16.6. The van der Waals surface area contributed by atoms with Crippen LogP contribution in [0.1, 0.15) is 38.8 Å². The van der Waals surface area contributed by atoms with Crippen molar-refractivity contribution in [2.75, 3.05) is 13.2 Å². The molecule has 0 spiro atoms. The number of esters is 1. The molecule has 0 aliphatic heterocycles. The van der Waals surface area contributed by atoms with E-state index in [0.717, 1.165) is 5.56 Å². The van der Waals surface area contributed by atoms with Crippen molar-refractivity contribution in [1.82, 2.24) is 10.7 Å². The van der Waals surface area contributed by atoms with Crippen LogP contribution in [0.5, 0.6) is 11.5 Å². The Balaban J connectivity index is 1.57. The van der Waals surface area contributed by atoms with Crippen molar-refractivity contribution in [3.8, 4) is 11.5 Å². The molecule has 174 valence electrons. The van der Waals surface area contributed by atoms with Gasteiger partial charge >= 0.3 is 5.97 Å². The first-order chi connectivity index (χ1) is 16.5. The molecule has 0 saturated heterocycles. The van der Waals surface area contributed by atoms with E-state index in [0.29, 0.717) is 29.0 Å². The highest BCUT2D eigenvalue weighted by Crippen LogP contribution is 2.29. The molecule has 3 aromatic rings. The molecule has 2 amide bonds. The van der Waals surface area contributed by atoms with Crippen molar-refractivity contribution in [3.63, 3.8) is 0 Å². The molecule has 34 heavy (non-hydrogen) atoms. The second kappa shape index (κ2) is 12.0. The lowest BCUT2D eigenvalue weighted by Gasteiger charge is -2.11. The number of aryl methyl sites for hydroxylation is 1. The minimum Gasteiger partial charge on any atom is -0.490 e. The third-order valence-corrected chi connectivity index (χ3v) is 4.68. The van der Waals surface area contributed by atoms with Crippen LogP contribution in [0.25, 0.3) is 0 Å². The summed E-state index contributed by atoms with van der Waals surface area (Å²) in [5.74, 6) is -0.665. The number of rotatable bonds is 9. The van der Waals surface area contributed by atoms with Crippen molar-refractivity contribution < 1.29 is 23.9 Å². The minimum atomic E-state index is -0.497. The molecule has 3 aromatic carbocycles. The van der Waals surface area contributed by atoms with Crippen molar-refractivity contribution in [2.45, 2.75) is 13.8 Å². The van der Waals surface area contributed by atoms with E-state index < -0.39 is 11.9 Å². The number of nitrogens with zero attached hydrogens (tertiary/aromatic N) is 1. The number of benzene rings is 3. The molecule has 0 bridgehead atoms. The van der Waals surface area contributed by atoms with Gasteiger partial charge in [0.15, 0.2) is 11.5 Å².